The van der Waals surface area contributed by atoms with Crippen molar-refractivity contribution in [2.45, 2.75) is 37.9 Å². The highest BCUT2D eigenvalue weighted by atomic mass is 19.1. The first-order valence-electron chi connectivity index (χ1n) is 7.26. The summed E-state index contributed by atoms with van der Waals surface area (Å²) >= 11 is 0. The van der Waals surface area contributed by atoms with Gasteiger partial charge in [0.1, 0.15) is 0 Å². The normalized spacial score (nSPS) is 25.3. The van der Waals surface area contributed by atoms with Crippen LogP contribution in [0.3, 0.4) is 0 Å². The highest BCUT2D eigenvalue weighted by molar-refractivity contribution is 5.24. The van der Waals surface area contributed by atoms with E-state index in [4.69, 9.17) is 5.26 Å². The first-order chi connectivity index (χ1) is 10.2. The van der Waals surface area contributed by atoms with Crippen LogP contribution in [-0.4, -0.2) is 14.8 Å². The maximum Gasteiger partial charge on any atom is 0.162 e. The van der Waals surface area contributed by atoms with Crippen LogP contribution in [0.1, 0.15) is 48.7 Å². The van der Waals surface area contributed by atoms with Gasteiger partial charge in [0, 0.05) is 12.8 Å². The van der Waals surface area contributed by atoms with Gasteiger partial charge in [-0.25, -0.2) is 14.1 Å². The zero-order chi connectivity index (χ0) is 14.4. The first-order valence-corrected chi connectivity index (χ1v) is 7.26. The average molecular weight is 282 g/mol. The Morgan fingerprint density at radius 1 is 1.33 bits per heavy atom. The smallest absolute Gasteiger partial charge is 0.162 e. The monoisotopic (exact) mass is 282 g/mol. The van der Waals surface area contributed by atoms with Crippen LogP contribution in [0.15, 0.2) is 30.3 Å². The van der Waals surface area contributed by atoms with Gasteiger partial charge in [0.15, 0.2) is 17.8 Å². The first kappa shape index (κ1) is 12.5. The van der Waals surface area contributed by atoms with E-state index in [0.717, 1.165) is 18.4 Å². The molecule has 1 aliphatic carbocycles. The molecule has 0 bridgehead atoms. The molecule has 21 heavy (non-hydrogen) atoms. The molecule has 2 aliphatic rings. The van der Waals surface area contributed by atoms with Crippen LogP contribution < -0.4 is 0 Å². The molecular formula is C16H15FN4. The van der Waals surface area contributed by atoms with Crippen molar-refractivity contribution in [1.29, 1.82) is 5.26 Å². The molecule has 1 saturated carbocycles. The van der Waals surface area contributed by atoms with Gasteiger partial charge in [-0.15, -0.1) is 0 Å². The van der Waals surface area contributed by atoms with E-state index in [1.807, 2.05) is 30.3 Å². The minimum absolute atomic E-state index is 0.0883. The second kappa shape index (κ2) is 4.39. The van der Waals surface area contributed by atoms with E-state index in [0.29, 0.717) is 24.5 Å². The summed E-state index contributed by atoms with van der Waals surface area (Å²) in [5, 5.41) is 13.6. The summed E-state index contributed by atoms with van der Waals surface area (Å²) in [6.07, 6.45) is 1.65. The van der Waals surface area contributed by atoms with Gasteiger partial charge >= 0.3 is 0 Å². The molecule has 2 unspecified atom stereocenters. The molecule has 4 nitrogen and oxygen atoms in total. The number of aromatic nitrogens is 3. The standard InChI is InChI=1S/C16H15FN4/c17-12-8-13(11-4-2-1-3-5-11)21-15(12)19-14(20-21)9-16(10-18)6-7-16/h1-5,12-13H,6-9H2. The molecular weight excluding hydrogens is 267 g/mol. The van der Waals surface area contributed by atoms with Gasteiger partial charge in [0.2, 0.25) is 0 Å². The molecule has 0 saturated heterocycles. The number of nitrogens with zero attached hydrogens (tertiary/aromatic N) is 4. The number of nitriles is 1. The highest BCUT2D eigenvalue weighted by Gasteiger charge is 2.45. The SMILES string of the molecule is N#CC1(Cc2nc3n(n2)C(c2ccccc2)CC3F)CC1. The van der Waals surface area contributed by atoms with Gasteiger partial charge in [-0.05, 0) is 18.4 Å². The van der Waals surface area contributed by atoms with E-state index in [1.54, 1.807) is 4.68 Å². The molecule has 0 radical (unpaired) electrons. The summed E-state index contributed by atoms with van der Waals surface area (Å²) in [4.78, 5) is 4.35. The summed E-state index contributed by atoms with van der Waals surface area (Å²) < 4.78 is 15.9. The molecule has 0 amide bonds. The van der Waals surface area contributed by atoms with Crippen LogP contribution in [-0.2, 0) is 6.42 Å². The van der Waals surface area contributed by atoms with Crippen LogP contribution >= 0.6 is 0 Å². The molecule has 0 N–H and O–H groups in total. The van der Waals surface area contributed by atoms with E-state index < -0.39 is 6.17 Å². The van der Waals surface area contributed by atoms with Crippen LogP contribution in [0.2, 0.25) is 0 Å². The third-order valence-corrected chi connectivity index (χ3v) is 4.48. The number of rotatable bonds is 3. The molecule has 1 fully saturated rings. The Morgan fingerprint density at radius 2 is 2.10 bits per heavy atom. The molecule has 106 valence electrons. The van der Waals surface area contributed by atoms with Crippen LogP contribution in [0, 0.1) is 16.7 Å². The predicted molar refractivity (Wildman–Crippen MR) is 74.1 cm³/mol. The summed E-state index contributed by atoms with van der Waals surface area (Å²) in [6, 6.07) is 12.1. The third-order valence-electron chi connectivity index (χ3n) is 4.48. The van der Waals surface area contributed by atoms with Gasteiger partial charge in [-0.1, -0.05) is 30.3 Å². The lowest BCUT2D eigenvalue weighted by Crippen LogP contribution is -2.09. The van der Waals surface area contributed by atoms with Crippen LogP contribution in [0.4, 0.5) is 4.39 Å². The molecule has 1 aromatic heterocycles. The zero-order valence-electron chi connectivity index (χ0n) is 11.5. The van der Waals surface area contributed by atoms with Crippen molar-refractivity contribution in [2.24, 2.45) is 5.41 Å². The lowest BCUT2D eigenvalue weighted by atomic mass is 10.0. The topological polar surface area (TPSA) is 54.5 Å². The quantitative estimate of drug-likeness (QED) is 0.869. The fraction of sp³-hybridized carbons (Fsp3) is 0.438. The van der Waals surface area contributed by atoms with Crippen molar-refractivity contribution in [3.05, 3.63) is 47.5 Å². The maximum atomic E-state index is 14.2. The second-order valence-electron chi connectivity index (χ2n) is 6.03. The Kier molecular flexibility index (Phi) is 2.61. The summed E-state index contributed by atoms with van der Waals surface area (Å²) in [5.41, 5.74) is 0.758. The van der Waals surface area contributed by atoms with E-state index in [1.165, 1.54) is 0 Å². The van der Waals surface area contributed by atoms with Crippen molar-refractivity contribution >= 4 is 0 Å². The number of halogens is 1. The Labute approximate surface area is 122 Å². The molecule has 0 spiro atoms. The van der Waals surface area contributed by atoms with Gasteiger partial charge in [0.05, 0.1) is 17.5 Å². The van der Waals surface area contributed by atoms with Gasteiger partial charge < -0.3 is 0 Å². The van der Waals surface area contributed by atoms with Crippen molar-refractivity contribution in [3.63, 3.8) is 0 Å². The molecule has 2 heterocycles. The summed E-state index contributed by atoms with van der Waals surface area (Å²) in [7, 11) is 0. The molecule has 1 aliphatic heterocycles. The molecule has 5 heteroatoms. The van der Waals surface area contributed by atoms with Crippen LogP contribution in [0.25, 0.3) is 0 Å². The van der Waals surface area contributed by atoms with Crippen molar-refractivity contribution in [1.82, 2.24) is 14.8 Å². The summed E-state index contributed by atoms with van der Waals surface area (Å²) in [6.45, 7) is 0. The summed E-state index contributed by atoms with van der Waals surface area (Å²) in [5.74, 6) is 1.01. The van der Waals surface area contributed by atoms with Crippen LogP contribution in [0.5, 0.6) is 0 Å². The third kappa shape index (κ3) is 2.02. The molecule has 2 atom stereocenters. The Hall–Kier alpha value is -2.22. The van der Waals surface area contributed by atoms with Crippen molar-refractivity contribution in [3.8, 4) is 6.07 Å². The lowest BCUT2D eigenvalue weighted by Gasteiger charge is -2.11. The lowest BCUT2D eigenvalue weighted by molar-refractivity contribution is 0.327. The van der Waals surface area contributed by atoms with E-state index in [9.17, 15) is 4.39 Å². The number of hydrogen-bond acceptors (Lipinski definition) is 3. The molecule has 4 rings (SSSR count). The fourth-order valence-corrected chi connectivity index (χ4v) is 3.03. The Morgan fingerprint density at radius 3 is 2.76 bits per heavy atom. The van der Waals surface area contributed by atoms with E-state index >= 15 is 0 Å². The fourth-order valence-electron chi connectivity index (χ4n) is 3.03. The average Bonchev–Trinajstić information content (AvgIpc) is 3.05. The van der Waals surface area contributed by atoms with Gasteiger partial charge in [0.25, 0.3) is 0 Å². The number of alkyl halides is 1. The number of hydrogen-bond donors (Lipinski definition) is 0. The van der Waals surface area contributed by atoms with E-state index in [2.05, 4.69) is 16.2 Å². The minimum atomic E-state index is -1.08. The number of fused-ring (bicyclic) bond motifs is 1. The second-order valence-corrected chi connectivity index (χ2v) is 6.03. The molecule has 1 aromatic carbocycles. The number of benzene rings is 1. The largest absolute Gasteiger partial charge is 0.239 e. The van der Waals surface area contributed by atoms with Crippen molar-refractivity contribution in [2.75, 3.05) is 0 Å². The van der Waals surface area contributed by atoms with Crippen molar-refractivity contribution < 1.29 is 4.39 Å². The van der Waals surface area contributed by atoms with Gasteiger partial charge in [-0.2, -0.15) is 10.4 Å². The maximum absolute atomic E-state index is 14.2. The Balaban J connectivity index is 1.67. The van der Waals surface area contributed by atoms with E-state index in [-0.39, 0.29) is 11.5 Å². The minimum Gasteiger partial charge on any atom is -0.239 e. The Bertz CT molecular complexity index is 712. The van der Waals surface area contributed by atoms with Gasteiger partial charge in [-0.3, -0.25) is 0 Å². The zero-order valence-corrected chi connectivity index (χ0v) is 11.5. The molecule has 2 aromatic rings. The predicted octanol–water partition coefficient (Wildman–Crippen LogP) is 3.13. The highest BCUT2D eigenvalue weighted by Crippen LogP contribution is 2.48.